The van der Waals surface area contributed by atoms with Crippen LogP contribution >= 0.6 is 23.2 Å². The van der Waals surface area contributed by atoms with Crippen molar-refractivity contribution in [2.75, 3.05) is 11.5 Å². The monoisotopic (exact) mass is 832 g/mol. The van der Waals surface area contributed by atoms with E-state index in [1.165, 1.54) is 11.6 Å². The molecule has 2 aliphatic rings. The van der Waals surface area contributed by atoms with Crippen molar-refractivity contribution in [2.24, 2.45) is 22.1 Å². The Hall–Kier alpha value is -1.92. The van der Waals surface area contributed by atoms with Crippen LogP contribution in [0.3, 0.4) is 0 Å². The van der Waals surface area contributed by atoms with Crippen molar-refractivity contribution in [1.29, 1.82) is 5.26 Å². The maximum absolute atomic E-state index is 12.4. The lowest BCUT2D eigenvalue weighted by Gasteiger charge is -2.38. The Morgan fingerprint density at radius 2 is 1.50 bits per heavy atom. The van der Waals surface area contributed by atoms with E-state index >= 15 is 0 Å². The Balaban J connectivity index is 1.93. The van der Waals surface area contributed by atoms with Gasteiger partial charge in [0, 0.05) is 12.3 Å². The molecule has 5 atom stereocenters. The first-order chi connectivity index (χ1) is 23.9. The van der Waals surface area contributed by atoms with Crippen molar-refractivity contribution < 1.29 is 43.7 Å². The van der Waals surface area contributed by atoms with E-state index in [0.29, 0.717) is 50.6 Å². The molecule has 4 N–H and O–H groups in total. The van der Waals surface area contributed by atoms with Crippen LogP contribution in [0.15, 0.2) is 10.2 Å². The van der Waals surface area contributed by atoms with E-state index in [4.69, 9.17) is 37.4 Å². The third-order valence-corrected chi connectivity index (χ3v) is 13.5. The second-order valence-corrected chi connectivity index (χ2v) is 20.9. The summed E-state index contributed by atoms with van der Waals surface area (Å²) in [6.45, 7) is 6.97. The molecule has 21 heteroatoms. The Labute approximate surface area is 316 Å². The zero-order valence-corrected chi connectivity index (χ0v) is 33.7. The van der Waals surface area contributed by atoms with E-state index in [1.807, 2.05) is 20.8 Å². The molecule has 296 valence electrons. The number of azo groups is 1. The van der Waals surface area contributed by atoms with Crippen molar-refractivity contribution in [3.63, 3.8) is 0 Å². The second-order valence-electron chi connectivity index (χ2n) is 15.0. The normalized spacial score (nSPS) is 26.4. The van der Waals surface area contributed by atoms with Gasteiger partial charge in [-0.05, 0) is 56.8 Å². The zero-order chi connectivity index (χ0) is 39.2. The van der Waals surface area contributed by atoms with Gasteiger partial charge in [0.05, 0.1) is 51.3 Å². The molecule has 1 heterocycles. The topological polar surface area (TPSA) is 259 Å². The third kappa shape index (κ3) is 13.1. The van der Waals surface area contributed by atoms with Crippen LogP contribution in [0.4, 0.5) is 5.82 Å². The number of unbranched alkanes of at least 4 members (excludes halogenated alkanes) is 2. The summed E-state index contributed by atoms with van der Waals surface area (Å²) >= 11 is 13.4. The number of halogens is 2. The molecule has 0 radical (unpaired) electrons. The van der Waals surface area contributed by atoms with E-state index in [9.17, 15) is 39.9 Å². The van der Waals surface area contributed by atoms with Gasteiger partial charge in [-0.3, -0.25) is 18.5 Å². The number of hydrogen-bond acceptors (Lipinski definition) is 11. The van der Waals surface area contributed by atoms with Crippen molar-refractivity contribution >= 4 is 65.3 Å². The highest BCUT2D eigenvalue weighted by molar-refractivity contribution is 7.86. The van der Waals surface area contributed by atoms with Crippen LogP contribution in [0.2, 0.25) is 0 Å². The first-order valence-corrected chi connectivity index (χ1v) is 22.9. The smallest absolute Gasteiger partial charge is 0.267 e. The minimum atomic E-state index is -4.41. The Morgan fingerprint density at radius 1 is 0.962 bits per heavy atom. The van der Waals surface area contributed by atoms with Gasteiger partial charge in [-0.2, -0.15) is 40.7 Å². The lowest BCUT2D eigenvalue weighted by atomic mass is 9.72. The first kappa shape index (κ1) is 44.5. The average molecular weight is 834 g/mol. The summed E-state index contributed by atoms with van der Waals surface area (Å²) in [5.74, 6) is -0.903. The summed E-state index contributed by atoms with van der Waals surface area (Å²) < 4.78 is 98.3. The number of amides is 1. The molecule has 2 fully saturated rings. The molecule has 5 unspecified atom stereocenters. The molecule has 0 spiro atoms. The highest BCUT2D eigenvalue weighted by Crippen LogP contribution is 2.44. The van der Waals surface area contributed by atoms with Gasteiger partial charge in [-0.1, -0.05) is 46.5 Å². The second kappa shape index (κ2) is 18.1. The zero-order valence-electron chi connectivity index (χ0n) is 29.7. The SMILES string of the molecule is CC(=O)NC1CC(C(CCCCS(=O)(=O)O)CCCCS(=O)(=O)O)CCC1N=Nc1c(C#N)c(C(C)(C)C)nn1C1C(Cl)CC(S(=O)(=O)O)CC1Cl. The van der Waals surface area contributed by atoms with Gasteiger partial charge in [0.15, 0.2) is 5.82 Å². The number of carbonyl (C=O) groups excluding carboxylic acids is 1. The van der Waals surface area contributed by atoms with Gasteiger partial charge in [-0.25, -0.2) is 4.68 Å². The van der Waals surface area contributed by atoms with Gasteiger partial charge in [-0.15, -0.1) is 28.3 Å². The summed E-state index contributed by atoms with van der Waals surface area (Å²) in [5, 5.41) is 24.2. The number of alkyl halides is 2. The van der Waals surface area contributed by atoms with Crippen molar-refractivity contribution in [2.45, 2.75) is 138 Å². The molecule has 1 amide bonds. The van der Waals surface area contributed by atoms with Gasteiger partial charge in [0.25, 0.3) is 30.4 Å². The van der Waals surface area contributed by atoms with Crippen molar-refractivity contribution in [3.8, 4) is 6.07 Å². The number of aromatic nitrogens is 2. The maximum Gasteiger partial charge on any atom is 0.267 e. The molecular formula is C31H50Cl2N6O10S3. The number of rotatable bonds is 16. The van der Waals surface area contributed by atoms with Crippen LogP contribution in [-0.4, -0.2) is 94.2 Å². The molecule has 0 saturated heterocycles. The van der Waals surface area contributed by atoms with Crippen molar-refractivity contribution in [1.82, 2.24) is 15.1 Å². The highest BCUT2D eigenvalue weighted by atomic mass is 35.5. The van der Waals surface area contributed by atoms with Crippen LogP contribution in [0.5, 0.6) is 0 Å². The predicted octanol–water partition coefficient (Wildman–Crippen LogP) is 5.35. The molecule has 2 saturated carbocycles. The predicted molar refractivity (Wildman–Crippen MR) is 196 cm³/mol. The molecule has 1 aromatic rings. The molecule has 0 aliphatic heterocycles. The van der Waals surface area contributed by atoms with E-state index in [1.54, 1.807) is 0 Å². The largest absolute Gasteiger partial charge is 0.351 e. The molecule has 0 aromatic carbocycles. The van der Waals surface area contributed by atoms with Crippen LogP contribution < -0.4 is 5.32 Å². The fourth-order valence-corrected chi connectivity index (χ4v) is 10.6. The Kier molecular flexibility index (Phi) is 15.5. The van der Waals surface area contributed by atoms with Gasteiger partial charge in [0.1, 0.15) is 11.6 Å². The fourth-order valence-electron chi connectivity index (χ4n) is 7.31. The number of nitrogens with zero attached hydrogens (tertiary/aromatic N) is 5. The molecule has 52 heavy (non-hydrogen) atoms. The standard InChI is InChI=1S/C31H50Cl2N6O10S3/c1-19(40)35-27-15-21(20(9-5-7-13-50(41,42)43)10-6-8-14-51(44,45)46)11-12-26(27)36-37-30-23(18-34)29(31(2,3)4)38-39(30)28-24(32)16-22(17-25(28)33)52(47,48)49/h20-22,24-28H,5-17H2,1-4H3,(H,35,40)(H,41,42,43)(H,44,45,46)(H,47,48,49). The summed E-state index contributed by atoms with van der Waals surface area (Å²) in [6.07, 6.45) is 4.07. The first-order valence-electron chi connectivity index (χ1n) is 17.3. The van der Waals surface area contributed by atoms with Crippen LogP contribution in [0.1, 0.15) is 116 Å². The van der Waals surface area contributed by atoms with Crippen LogP contribution in [-0.2, 0) is 40.6 Å². The van der Waals surface area contributed by atoms with E-state index in [2.05, 4.69) is 21.6 Å². The Morgan fingerprint density at radius 3 is 1.94 bits per heavy atom. The summed E-state index contributed by atoms with van der Waals surface area (Å²) in [7, 11) is -12.7. The van der Waals surface area contributed by atoms with E-state index in [0.717, 1.165) is 0 Å². The summed E-state index contributed by atoms with van der Waals surface area (Å²) in [5.41, 5.74) is -0.0771. The van der Waals surface area contributed by atoms with Gasteiger partial charge < -0.3 is 5.32 Å². The van der Waals surface area contributed by atoms with Crippen LogP contribution in [0, 0.1) is 23.2 Å². The number of nitrogens with one attached hydrogen (secondary N) is 1. The molecule has 1 aromatic heterocycles. The minimum Gasteiger partial charge on any atom is -0.351 e. The molecule has 2 aliphatic carbocycles. The number of hydrogen-bond donors (Lipinski definition) is 4. The lowest BCUT2D eigenvalue weighted by molar-refractivity contribution is -0.120. The number of carbonyl (C=O) groups is 1. The van der Waals surface area contributed by atoms with E-state index < -0.39 is 69.9 Å². The van der Waals surface area contributed by atoms with Crippen LogP contribution in [0.25, 0.3) is 0 Å². The quantitative estimate of drug-likeness (QED) is 0.0712. The number of nitriles is 1. The van der Waals surface area contributed by atoms with E-state index in [-0.39, 0.29) is 66.3 Å². The maximum atomic E-state index is 12.4. The minimum absolute atomic E-state index is 0.0251. The molecule has 3 rings (SSSR count). The average Bonchev–Trinajstić information content (AvgIpc) is 3.36. The Bertz CT molecular complexity index is 1760. The fraction of sp³-hybridized carbons (Fsp3) is 0.839. The van der Waals surface area contributed by atoms with Gasteiger partial charge >= 0.3 is 0 Å². The molecule has 16 nitrogen and oxygen atoms in total. The van der Waals surface area contributed by atoms with Crippen molar-refractivity contribution in [3.05, 3.63) is 11.3 Å². The molecular weight excluding hydrogens is 783 g/mol. The van der Waals surface area contributed by atoms with Gasteiger partial charge in [0.2, 0.25) is 5.91 Å². The summed E-state index contributed by atoms with van der Waals surface area (Å²) in [6, 6.07) is 0.371. The lowest BCUT2D eigenvalue weighted by Crippen LogP contribution is -2.46. The third-order valence-electron chi connectivity index (χ3n) is 9.79. The highest BCUT2D eigenvalue weighted by Gasteiger charge is 2.44. The molecule has 0 bridgehead atoms. The summed E-state index contributed by atoms with van der Waals surface area (Å²) in [4.78, 5) is 12.4.